The summed E-state index contributed by atoms with van der Waals surface area (Å²) in [5.41, 5.74) is 3.08. The number of phenols is 1. The van der Waals surface area contributed by atoms with Gasteiger partial charge in [-0.2, -0.15) is 0 Å². The summed E-state index contributed by atoms with van der Waals surface area (Å²) >= 11 is 0. The summed E-state index contributed by atoms with van der Waals surface area (Å²) in [5, 5.41) is 13.1. The van der Waals surface area contributed by atoms with Gasteiger partial charge in [-0.05, 0) is 47.7 Å². The number of ketones is 1. The number of carbonyl (C=O) groups excluding carboxylic acids is 2. The Kier molecular flexibility index (Phi) is 5.01. The van der Waals surface area contributed by atoms with Crippen LogP contribution in [0.5, 0.6) is 17.2 Å². The largest absolute Gasteiger partial charge is 0.504 e. The predicted octanol–water partition coefficient (Wildman–Crippen LogP) is 3.41. The van der Waals surface area contributed by atoms with Crippen molar-refractivity contribution in [3.05, 3.63) is 64.9 Å². The average Bonchev–Trinajstić information content (AvgIpc) is 2.72. The molecular formula is C23H23NO5. The second-order valence-electron chi connectivity index (χ2n) is 7.43. The molecule has 0 fully saturated rings. The maximum atomic E-state index is 13.1. The van der Waals surface area contributed by atoms with Gasteiger partial charge in [0.05, 0.1) is 14.2 Å². The lowest BCUT2D eigenvalue weighted by Gasteiger charge is -2.34. The highest BCUT2D eigenvalue weighted by Crippen LogP contribution is 2.44. The molecule has 1 heterocycles. The summed E-state index contributed by atoms with van der Waals surface area (Å²) in [4.78, 5) is 25.5. The SMILES string of the molecule is COc1cccc([C@H]2CC(=O)C3=C(C2)NC(=O)C[C@H]3c2ccc(OC)c(O)c2)c1. The third-order valence-corrected chi connectivity index (χ3v) is 5.71. The first-order valence-corrected chi connectivity index (χ1v) is 9.57. The van der Waals surface area contributed by atoms with Crippen LogP contribution in [-0.4, -0.2) is 31.0 Å². The minimum Gasteiger partial charge on any atom is -0.504 e. The maximum absolute atomic E-state index is 13.1. The zero-order chi connectivity index (χ0) is 20.5. The van der Waals surface area contributed by atoms with Crippen LogP contribution < -0.4 is 14.8 Å². The minimum absolute atomic E-state index is 0.00403. The number of carbonyl (C=O) groups is 2. The number of Topliss-reactive ketones (excluding diaryl/α,β-unsaturated/α-hetero) is 1. The Morgan fingerprint density at radius 2 is 1.79 bits per heavy atom. The quantitative estimate of drug-likeness (QED) is 0.832. The first-order chi connectivity index (χ1) is 14.0. The van der Waals surface area contributed by atoms with Crippen molar-refractivity contribution in [1.82, 2.24) is 5.32 Å². The van der Waals surface area contributed by atoms with E-state index in [0.717, 1.165) is 16.9 Å². The molecule has 2 aromatic rings. The zero-order valence-corrected chi connectivity index (χ0v) is 16.4. The summed E-state index contributed by atoms with van der Waals surface area (Å²) < 4.78 is 10.4. The first-order valence-electron chi connectivity index (χ1n) is 9.57. The zero-order valence-electron chi connectivity index (χ0n) is 16.4. The van der Waals surface area contributed by atoms with Crippen LogP contribution in [0.15, 0.2) is 53.7 Å². The van der Waals surface area contributed by atoms with Gasteiger partial charge in [0.1, 0.15) is 5.75 Å². The van der Waals surface area contributed by atoms with Crippen LogP contribution >= 0.6 is 0 Å². The average molecular weight is 393 g/mol. The lowest BCUT2D eigenvalue weighted by Crippen LogP contribution is -2.38. The molecule has 2 aromatic carbocycles. The number of benzene rings is 2. The summed E-state index contributed by atoms with van der Waals surface area (Å²) in [7, 11) is 3.09. The van der Waals surface area contributed by atoms with Crippen LogP contribution in [-0.2, 0) is 9.59 Å². The fraction of sp³-hybridized carbons (Fsp3) is 0.304. The molecule has 0 saturated heterocycles. The minimum atomic E-state index is -0.366. The van der Waals surface area contributed by atoms with E-state index in [0.29, 0.717) is 29.9 Å². The van der Waals surface area contributed by atoms with Crippen LogP contribution in [0.1, 0.15) is 42.2 Å². The van der Waals surface area contributed by atoms with E-state index in [1.54, 1.807) is 25.3 Å². The lowest BCUT2D eigenvalue weighted by atomic mass is 9.73. The summed E-state index contributed by atoms with van der Waals surface area (Å²) in [6, 6.07) is 12.7. The Bertz CT molecular complexity index is 1010. The topological polar surface area (TPSA) is 84.9 Å². The van der Waals surface area contributed by atoms with Gasteiger partial charge < -0.3 is 19.9 Å². The Labute approximate surface area is 169 Å². The van der Waals surface area contributed by atoms with Crippen LogP contribution in [0.4, 0.5) is 0 Å². The number of methoxy groups -OCH3 is 2. The molecule has 6 nitrogen and oxygen atoms in total. The predicted molar refractivity (Wildman–Crippen MR) is 107 cm³/mol. The van der Waals surface area contributed by atoms with E-state index < -0.39 is 0 Å². The second-order valence-corrected chi connectivity index (χ2v) is 7.43. The molecule has 0 spiro atoms. The molecule has 2 N–H and O–H groups in total. The van der Waals surface area contributed by atoms with Crippen LogP contribution in [0.2, 0.25) is 0 Å². The molecule has 2 aliphatic rings. The van der Waals surface area contributed by atoms with E-state index >= 15 is 0 Å². The number of rotatable bonds is 4. The molecule has 2 atom stereocenters. The molecule has 0 unspecified atom stereocenters. The van der Waals surface area contributed by atoms with E-state index in [1.165, 1.54) is 7.11 Å². The number of allylic oxidation sites excluding steroid dienone is 2. The molecule has 1 amide bonds. The second kappa shape index (κ2) is 7.62. The van der Waals surface area contributed by atoms with E-state index in [9.17, 15) is 14.7 Å². The molecule has 0 aromatic heterocycles. The van der Waals surface area contributed by atoms with Crippen molar-refractivity contribution in [2.24, 2.45) is 0 Å². The summed E-state index contributed by atoms with van der Waals surface area (Å²) in [6.07, 6.45) is 1.14. The molecule has 4 rings (SSSR count). The normalized spacial score (nSPS) is 21.4. The van der Waals surface area contributed by atoms with Gasteiger partial charge in [-0.15, -0.1) is 0 Å². The van der Waals surface area contributed by atoms with Crippen molar-refractivity contribution in [3.63, 3.8) is 0 Å². The van der Waals surface area contributed by atoms with Gasteiger partial charge in [0.2, 0.25) is 5.91 Å². The van der Waals surface area contributed by atoms with E-state index in [-0.39, 0.29) is 35.7 Å². The van der Waals surface area contributed by atoms with Gasteiger partial charge in [-0.1, -0.05) is 18.2 Å². The lowest BCUT2D eigenvalue weighted by molar-refractivity contribution is -0.122. The molecular weight excluding hydrogens is 370 g/mol. The Morgan fingerprint density at radius 1 is 0.966 bits per heavy atom. The van der Waals surface area contributed by atoms with Gasteiger partial charge in [0.25, 0.3) is 0 Å². The highest BCUT2D eigenvalue weighted by molar-refractivity contribution is 6.02. The third kappa shape index (κ3) is 3.58. The van der Waals surface area contributed by atoms with Crippen LogP contribution in [0.25, 0.3) is 0 Å². The van der Waals surface area contributed by atoms with Gasteiger partial charge in [-0.25, -0.2) is 0 Å². The smallest absolute Gasteiger partial charge is 0.225 e. The van der Waals surface area contributed by atoms with Crippen molar-refractivity contribution in [3.8, 4) is 17.2 Å². The fourth-order valence-electron chi connectivity index (χ4n) is 4.30. The van der Waals surface area contributed by atoms with Gasteiger partial charge >= 0.3 is 0 Å². The Morgan fingerprint density at radius 3 is 2.52 bits per heavy atom. The molecule has 0 radical (unpaired) electrons. The van der Waals surface area contributed by atoms with E-state index in [4.69, 9.17) is 9.47 Å². The molecule has 0 bridgehead atoms. The van der Waals surface area contributed by atoms with Gasteiger partial charge in [0, 0.05) is 30.0 Å². The van der Waals surface area contributed by atoms with Gasteiger partial charge in [-0.3, -0.25) is 9.59 Å². The van der Waals surface area contributed by atoms with Gasteiger partial charge in [0.15, 0.2) is 17.3 Å². The fourth-order valence-corrected chi connectivity index (χ4v) is 4.30. The Hall–Kier alpha value is -3.28. The van der Waals surface area contributed by atoms with Crippen molar-refractivity contribution < 1.29 is 24.2 Å². The molecule has 6 heteroatoms. The summed E-state index contributed by atoms with van der Waals surface area (Å²) in [5.74, 6) is 0.623. The molecule has 0 saturated carbocycles. The number of aromatic hydroxyl groups is 1. The highest BCUT2D eigenvalue weighted by Gasteiger charge is 2.38. The number of hydrogen-bond acceptors (Lipinski definition) is 5. The van der Waals surface area contributed by atoms with E-state index in [2.05, 4.69) is 5.32 Å². The Balaban J connectivity index is 1.70. The molecule has 150 valence electrons. The number of hydrogen-bond donors (Lipinski definition) is 2. The maximum Gasteiger partial charge on any atom is 0.225 e. The van der Waals surface area contributed by atoms with Crippen LogP contribution in [0.3, 0.4) is 0 Å². The third-order valence-electron chi connectivity index (χ3n) is 5.71. The number of ether oxygens (including phenoxy) is 2. The molecule has 29 heavy (non-hydrogen) atoms. The van der Waals surface area contributed by atoms with Crippen molar-refractivity contribution in [1.29, 1.82) is 0 Å². The number of amides is 1. The highest BCUT2D eigenvalue weighted by atomic mass is 16.5. The number of phenolic OH excluding ortho intramolecular Hbond substituents is 1. The molecule has 1 aliphatic carbocycles. The standard InChI is InChI=1S/C23H23NO5/c1-28-16-5-3-4-13(8-16)15-9-18-23(20(26)11-15)17(12-22(27)24-18)14-6-7-21(29-2)19(25)10-14/h3-8,10,15,17,25H,9,11-12H2,1-2H3,(H,24,27)/t15-,17+/m1/s1. The van der Waals surface area contributed by atoms with Crippen molar-refractivity contribution >= 4 is 11.7 Å². The number of nitrogens with one attached hydrogen (secondary N) is 1. The summed E-state index contributed by atoms with van der Waals surface area (Å²) in [6.45, 7) is 0. The monoisotopic (exact) mass is 393 g/mol. The first kappa shape index (κ1) is 19.1. The molecule has 1 aliphatic heterocycles. The van der Waals surface area contributed by atoms with Crippen LogP contribution in [0, 0.1) is 0 Å². The van der Waals surface area contributed by atoms with E-state index in [1.807, 2.05) is 24.3 Å². The van der Waals surface area contributed by atoms with Crippen molar-refractivity contribution in [2.45, 2.75) is 31.1 Å². The van der Waals surface area contributed by atoms with Crippen molar-refractivity contribution in [2.75, 3.05) is 14.2 Å².